The van der Waals surface area contributed by atoms with Crippen molar-refractivity contribution in [3.05, 3.63) is 34.4 Å². The summed E-state index contributed by atoms with van der Waals surface area (Å²) < 4.78 is 2.64. The number of aromatic amines is 1. The number of halogens is 1. The number of aromatic nitrogens is 2. The smallest absolute Gasteiger partial charge is 0.352 e. The molecule has 0 fully saturated rings. The lowest BCUT2D eigenvalue weighted by Gasteiger charge is -1.97. The Bertz CT molecular complexity index is 755. The molecule has 4 nitrogen and oxygen atoms in total. The molecule has 2 aromatic heterocycles. The predicted octanol–water partition coefficient (Wildman–Crippen LogP) is 3.12. The fraction of sp³-hybridized carbons (Fsp3) is 0.0833. The zero-order valence-corrected chi connectivity index (χ0v) is 10.6. The minimum atomic E-state index is -0.916. The average Bonchev–Trinajstić information content (AvgIpc) is 2.77. The van der Waals surface area contributed by atoms with Crippen LogP contribution in [0.2, 0.25) is 0 Å². The normalized spacial score (nSPS) is 11.4. The van der Waals surface area contributed by atoms with Crippen LogP contribution in [0.15, 0.2) is 28.7 Å². The van der Waals surface area contributed by atoms with Gasteiger partial charge in [-0.2, -0.15) is 0 Å². The van der Waals surface area contributed by atoms with Gasteiger partial charge < -0.3 is 14.7 Å². The molecule has 0 aliphatic rings. The zero-order valence-electron chi connectivity index (χ0n) is 8.99. The fourth-order valence-electron chi connectivity index (χ4n) is 2.14. The van der Waals surface area contributed by atoms with E-state index in [1.807, 2.05) is 18.2 Å². The largest absolute Gasteiger partial charge is 0.477 e. The van der Waals surface area contributed by atoms with Gasteiger partial charge in [0.1, 0.15) is 11.3 Å². The molecule has 0 bridgehead atoms. The van der Waals surface area contributed by atoms with Crippen molar-refractivity contribution in [2.45, 2.75) is 0 Å². The number of carboxylic acid groups (broad SMARTS) is 1. The van der Waals surface area contributed by atoms with E-state index in [0.29, 0.717) is 0 Å². The summed E-state index contributed by atoms with van der Waals surface area (Å²) in [6, 6.07) is 7.61. The molecule has 3 rings (SSSR count). The number of aryl methyl sites for hydroxylation is 1. The maximum atomic E-state index is 11.0. The van der Waals surface area contributed by atoms with E-state index in [1.165, 1.54) is 0 Å². The lowest BCUT2D eigenvalue weighted by molar-refractivity contribution is 0.0687. The maximum absolute atomic E-state index is 11.0. The van der Waals surface area contributed by atoms with Gasteiger partial charge in [0.25, 0.3) is 0 Å². The van der Waals surface area contributed by atoms with Crippen LogP contribution in [0.1, 0.15) is 10.5 Å². The highest BCUT2D eigenvalue weighted by Gasteiger charge is 2.15. The third-order valence-corrected chi connectivity index (χ3v) is 3.47. The van der Waals surface area contributed by atoms with Crippen molar-refractivity contribution in [2.75, 3.05) is 0 Å². The van der Waals surface area contributed by atoms with E-state index < -0.39 is 5.97 Å². The molecule has 0 saturated carbocycles. The summed E-state index contributed by atoms with van der Waals surface area (Å²) in [6.07, 6.45) is 0. The number of fused-ring (bicyclic) bond motifs is 3. The van der Waals surface area contributed by atoms with Crippen molar-refractivity contribution >= 4 is 43.8 Å². The van der Waals surface area contributed by atoms with Gasteiger partial charge >= 0.3 is 5.97 Å². The third kappa shape index (κ3) is 1.39. The SMILES string of the molecule is Cn1c(C(=O)O)cc2c3cc(Br)ccc3[nH]c21. The van der Waals surface area contributed by atoms with E-state index in [9.17, 15) is 4.79 Å². The lowest BCUT2D eigenvalue weighted by atomic mass is 10.2. The average molecular weight is 293 g/mol. The van der Waals surface area contributed by atoms with Crippen LogP contribution in [0.25, 0.3) is 21.9 Å². The first-order valence-corrected chi connectivity index (χ1v) is 5.87. The van der Waals surface area contributed by atoms with Crippen LogP contribution in [0.5, 0.6) is 0 Å². The summed E-state index contributed by atoms with van der Waals surface area (Å²) in [5, 5.41) is 11.0. The molecule has 0 aliphatic carbocycles. The molecule has 86 valence electrons. The molecule has 0 spiro atoms. The number of hydrogen-bond donors (Lipinski definition) is 2. The van der Waals surface area contributed by atoms with E-state index in [2.05, 4.69) is 20.9 Å². The Hall–Kier alpha value is -1.75. The minimum absolute atomic E-state index is 0.285. The Morgan fingerprint density at radius 1 is 1.35 bits per heavy atom. The number of H-pyrrole nitrogens is 1. The maximum Gasteiger partial charge on any atom is 0.352 e. The molecular formula is C12H9BrN2O2. The van der Waals surface area contributed by atoms with Crippen molar-refractivity contribution in [1.82, 2.24) is 9.55 Å². The topological polar surface area (TPSA) is 58.0 Å². The Morgan fingerprint density at radius 3 is 2.82 bits per heavy atom. The molecule has 2 N–H and O–H groups in total. The number of nitrogens with zero attached hydrogens (tertiary/aromatic N) is 1. The van der Waals surface area contributed by atoms with Gasteiger partial charge in [0.2, 0.25) is 0 Å². The van der Waals surface area contributed by atoms with Crippen molar-refractivity contribution in [3.63, 3.8) is 0 Å². The predicted molar refractivity (Wildman–Crippen MR) is 69.4 cm³/mol. The van der Waals surface area contributed by atoms with E-state index in [4.69, 9.17) is 5.11 Å². The Morgan fingerprint density at radius 2 is 2.12 bits per heavy atom. The molecule has 17 heavy (non-hydrogen) atoms. The number of benzene rings is 1. The summed E-state index contributed by atoms with van der Waals surface area (Å²) in [5.74, 6) is -0.916. The standard InChI is InChI=1S/C12H9BrN2O2/c1-15-10(12(16)17)5-8-7-4-6(13)2-3-9(7)14-11(8)15/h2-5,14H,1H3,(H,16,17). The van der Waals surface area contributed by atoms with Crippen LogP contribution in [0, 0.1) is 0 Å². The van der Waals surface area contributed by atoms with Gasteiger partial charge in [-0.05, 0) is 24.3 Å². The number of rotatable bonds is 1. The summed E-state index contributed by atoms with van der Waals surface area (Å²) in [7, 11) is 1.75. The van der Waals surface area contributed by atoms with E-state index in [1.54, 1.807) is 17.7 Å². The van der Waals surface area contributed by atoms with Gasteiger partial charge in [0.05, 0.1) is 0 Å². The fourth-order valence-corrected chi connectivity index (χ4v) is 2.50. The van der Waals surface area contributed by atoms with Crippen LogP contribution >= 0.6 is 15.9 Å². The Balaban J connectivity index is 2.47. The second-order valence-electron chi connectivity index (χ2n) is 3.97. The summed E-state index contributed by atoms with van der Waals surface area (Å²) in [4.78, 5) is 14.3. The van der Waals surface area contributed by atoms with Gasteiger partial charge in [-0.25, -0.2) is 4.79 Å². The molecular weight excluding hydrogens is 284 g/mol. The van der Waals surface area contributed by atoms with E-state index >= 15 is 0 Å². The van der Waals surface area contributed by atoms with Crippen molar-refractivity contribution in [1.29, 1.82) is 0 Å². The number of hydrogen-bond acceptors (Lipinski definition) is 1. The first kappa shape index (κ1) is 10.4. The summed E-state index contributed by atoms with van der Waals surface area (Å²) in [5.41, 5.74) is 2.12. The molecule has 0 amide bonds. The Kier molecular flexibility index (Phi) is 2.06. The van der Waals surface area contributed by atoms with Gasteiger partial charge in [0, 0.05) is 27.8 Å². The van der Waals surface area contributed by atoms with Gasteiger partial charge in [-0.3, -0.25) is 0 Å². The molecule has 3 aromatic rings. The molecule has 1 aromatic carbocycles. The summed E-state index contributed by atoms with van der Waals surface area (Å²) in [6.45, 7) is 0. The highest BCUT2D eigenvalue weighted by Crippen LogP contribution is 2.29. The van der Waals surface area contributed by atoms with Crippen LogP contribution in [0.3, 0.4) is 0 Å². The highest BCUT2D eigenvalue weighted by atomic mass is 79.9. The molecule has 0 unspecified atom stereocenters. The van der Waals surface area contributed by atoms with Crippen LogP contribution in [-0.2, 0) is 7.05 Å². The highest BCUT2D eigenvalue weighted by molar-refractivity contribution is 9.10. The van der Waals surface area contributed by atoms with Crippen molar-refractivity contribution in [3.8, 4) is 0 Å². The molecule has 5 heteroatoms. The number of carboxylic acids is 1. The van der Waals surface area contributed by atoms with Crippen LogP contribution in [-0.4, -0.2) is 20.6 Å². The number of carbonyl (C=O) groups is 1. The van der Waals surface area contributed by atoms with Crippen molar-refractivity contribution in [2.24, 2.45) is 7.05 Å². The first-order valence-electron chi connectivity index (χ1n) is 5.08. The number of aromatic carboxylic acids is 1. The van der Waals surface area contributed by atoms with Gasteiger partial charge in [0.15, 0.2) is 0 Å². The second kappa shape index (κ2) is 3.37. The van der Waals surface area contributed by atoms with Gasteiger partial charge in [-0.1, -0.05) is 15.9 Å². The first-order chi connectivity index (χ1) is 8.08. The summed E-state index contributed by atoms with van der Waals surface area (Å²) >= 11 is 3.42. The van der Waals surface area contributed by atoms with Crippen LogP contribution < -0.4 is 0 Å². The quantitative estimate of drug-likeness (QED) is 0.724. The van der Waals surface area contributed by atoms with E-state index in [-0.39, 0.29) is 5.69 Å². The van der Waals surface area contributed by atoms with Crippen molar-refractivity contribution < 1.29 is 9.90 Å². The zero-order chi connectivity index (χ0) is 12.2. The van der Waals surface area contributed by atoms with Crippen LogP contribution in [0.4, 0.5) is 0 Å². The second-order valence-corrected chi connectivity index (χ2v) is 4.89. The molecule has 2 heterocycles. The molecule has 0 atom stereocenters. The molecule has 0 aliphatic heterocycles. The molecule has 0 saturated heterocycles. The van der Waals surface area contributed by atoms with Gasteiger partial charge in [-0.15, -0.1) is 0 Å². The third-order valence-electron chi connectivity index (χ3n) is 2.98. The minimum Gasteiger partial charge on any atom is -0.477 e. The lowest BCUT2D eigenvalue weighted by Crippen LogP contribution is -2.03. The van der Waals surface area contributed by atoms with E-state index in [0.717, 1.165) is 26.4 Å². The number of nitrogens with one attached hydrogen (secondary N) is 1. The molecule has 0 radical (unpaired) electrons. The monoisotopic (exact) mass is 292 g/mol. The Labute approximate surface area is 105 Å².